The van der Waals surface area contributed by atoms with Crippen LogP contribution in [0, 0.1) is 23.7 Å². The van der Waals surface area contributed by atoms with Gasteiger partial charge in [-0.3, -0.25) is 0 Å². The van der Waals surface area contributed by atoms with Crippen LogP contribution in [0.5, 0.6) is 0 Å². The van der Waals surface area contributed by atoms with E-state index in [0.29, 0.717) is 5.92 Å². The molecule has 0 heterocycles. The van der Waals surface area contributed by atoms with Gasteiger partial charge in [-0.2, -0.15) is 0 Å². The number of hydrogen-bond acceptors (Lipinski definition) is 3. The lowest BCUT2D eigenvalue weighted by atomic mass is 9.75. The molecule has 1 saturated carbocycles. The van der Waals surface area contributed by atoms with Crippen molar-refractivity contribution in [1.82, 2.24) is 0 Å². The molecule has 0 radical (unpaired) electrons. The van der Waals surface area contributed by atoms with Gasteiger partial charge in [-0.1, -0.05) is 40.5 Å². The van der Waals surface area contributed by atoms with Crippen LogP contribution in [0.1, 0.15) is 53.4 Å². The molecule has 0 saturated heterocycles. The average Bonchev–Trinajstić information content (AvgIpc) is 2.25. The van der Waals surface area contributed by atoms with Gasteiger partial charge in [0.25, 0.3) is 0 Å². The van der Waals surface area contributed by atoms with Gasteiger partial charge in [0.2, 0.25) is 0 Å². The van der Waals surface area contributed by atoms with Crippen LogP contribution < -0.4 is 0 Å². The van der Waals surface area contributed by atoms with Crippen LogP contribution in [0.2, 0.25) is 0 Å². The maximum absolute atomic E-state index is 10.3. The fourth-order valence-corrected chi connectivity index (χ4v) is 3.28. The van der Waals surface area contributed by atoms with E-state index in [2.05, 4.69) is 6.92 Å². The van der Waals surface area contributed by atoms with Crippen LogP contribution in [0.25, 0.3) is 0 Å². The Morgan fingerprint density at radius 2 is 1.56 bits per heavy atom. The third-order valence-corrected chi connectivity index (χ3v) is 4.54. The smallest absolute Gasteiger partial charge is 0.0856 e. The Labute approximate surface area is 111 Å². The zero-order valence-electron chi connectivity index (χ0n) is 12.2. The van der Waals surface area contributed by atoms with Crippen molar-refractivity contribution >= 4 is 0 Å². The van der Waals surface area contributed by atoms with Crippen molar-refractivity contribution in [1.29, 1.82) is 0 Å². The molecule has 18 heavy (non-hydrogen) atoms. The van der Waals surface area contributed by atoms with Gasteiger partial charge in [0.1, 0.15) is 0 Å². The molecule has 0 aromatic carbocycles. The molecule has 0 bridgehead atoms. The highest BCUT2D eigenvalue weighted by Crippen LogP contribution is 2.32. The molecule has 3 N–H and O–H groups in total. The van der Waals surface area contributed by atoms with Crippen molar-refractivity contribution < 1.29 is 15.3 Å². The van der Waals surface area contributed by atoms with Crippen molar-refractivity contribution in [2.45, 2.75) is 71.7 Å². The second kappa shape index (κ2) is 6.88. The summed E-state index contributed by atoms with van der Waals surface area (Å²) in [6, 6.07) is 0. The lowest BCUT2D eigenvalue weighted by Gasteiger charge is -2.37. The molecule has 0 aromatic rings. The summed E-state index contributed by atoms with van der Waals surface area (Å²) in [4.78, 5) is 0. The summed E-state index contributed by atoms with van der Waals surface area (Å²) in [5.74, 6) is 0.515. The first-order valence-electron chi connectivity index (χ1n) is 7.38. The predicted octanol–water partition coefficient (Wildman–Crippen LogP) is 2.19. The normalized spacial score (nSPS) is 44.0. The van der Waals surface area contributed by atoms with Gasteiger partial charge >= 0.3 is 0 Å². The van der Waals surface area contributed by atoms with Crippen molar-refractivity contribution in [2.75, 3.05) is 0 Å². The Morgan fingerprint density at radius 1 is 0.944 bits per heavy atom. The molecule has 0 spiro atoms. The van der Waals surface area contributed by atoms with Crippen molar-refractivity contribution in [3.63, 3.8) is 0 Å². The van der Waals surface area contributed by atoms with E-state index in [0.717, 1.165) is 25.7 Å². The number of rotatable bonds is 1. The van der Waals surface area contributed by atoms with Crippen molar-refractivity contribution in [3.05, 3.63) is 0 Å². The van der Waals surface area contributed by atoms with Crippen LogP contribution in [0.15, 0.2) is 0 Å². The predicted molar refractivity (Wildman–Crippen MR) is 73.1 cm³/mol. The van der Waals surface area contributed by atoms with E-state index in [9.17, 15) is 15.3 Å². The lowest BCUT2D eigenvalue weighted by molar-refractivity contribution is -0.0978. The quantitative estimate of drug-likeness (QED) is 0.675. The molecule has 0 amide bonds. The Morgan fingerprint density at radius 3 is 2.11 bits per heavy atom. The first kappa shape index (κ1) is 15.9. The summed E-state index contributed by atoms with van der Waals surface area (Å²) < 4.78 is 0. The second-order valence-corrected chi connectivity index (χ2v) is 6.62. The van der Waals surface area contributed by atoms with Gasteiger partial charge in [0.05, 0.1) is 18.3 Å². The molecule has 3 heteroatoms. The standard InChI is InChI=1S/C15H30O3/c1-9(2)13-12(16)8-10(3)6-5-7-11(4)14(17)15(13)18/h9-18H,5-8H2,1-4H3/t10-,11+,12-,13+,14+,15+/m0/s1. The SMILES string of the molecule is CC(C)[C@H]1[C@@H](O)[C@H](O)[C@H](C)CCC[C@H](C)C[C@@H]1O. The molecular weight excluding hydrogens is 228 g/mol. The Balaban J connectivity index is 2.87. The first-order chi connectivity index (χ1) is 8.34. The minimum Gasteiger partial charge on any atom is -0.393 e. The highest BCUT2D eigenvalue weighted by atomic mass is 16.3. The Bertz CT molecular complexity index is 242. The van der Waals surface area contributed by atoms with Crippen LogP contribution in [0.3, 0.4) is 0 Å². The molecule has 6 atom stereocenters. The number of aliphatic hydroxyl groups excluding tert-OH is 3. The minimum absolute atomic E-state index is 0.0961. The van der Waals surface area contributed by atoms with Crippen LogP contribution >= 0.6 is 0 Å². The highest BCUT2D eigenvalue weighted by molar-refractivity contribution is 4.87. The monoisotopic (exact) mass is 258 g/mol. The third-order valence-electron chi connectivity index (χ3n) is 4.54. The molecule has 1 aliphatic rings. The molecule has 108 valence electrons. The van der Waals surface area contributed by atoms with Crippen LogP contribution in [-0.4, -0.2) is 33.6 Å². The second-order valence-electron chi connectivity index (χ2n) is 6.62. The zero-order chi connectivity index (χ0) is 13.9. The van der Waals surface area contributed by atoms with E-state index < -0.39 is 18.3 Å². The third kappa shape index (κ3) is 3.94. The summed E-state index contributed by atoms with van der Waals surface area (Å²) in [5, 5.41) is 30.9. The molecule has 1 rings (SSSR count). The van der Waals surface area contributed by atoms with Gasteiger partial charge in [-0.05, 0) is 30.6 Å². The molecule has 0 unspecified atom stereocenters. The summed E-state index contributed by atoms with van der Waals surface area (Å²) in [5.41, 5.74) is 0. The molecule has 3 nitrogen and oxygen atoms in total. The number of aliphatic hydroxyl groups is 3. The van der Waals surface area contributed by atoms with E-state index in [1.807, 2.05) is 20.8 Å². The van der Waals surface area contributed by atoms with Crippen molar-refractivity contribution in [3.8, 4) is 0 Å². The van der Waals surface area contributed by atoms with E-state index in [1.165, 1.54) is 0 Å². The largest absolute Gasteiger partial charge is 0.393 e. The maximum atomic E-state index is 10.3. The first-order valence-corrected chi connectivity index (χ1v) is 7.38. The molecule has 1 aliphatic carbocycles. The van der Waals surface area contributed by atoms with Crippen LogP contribution in [0.4, 0.5) is 0 Å². The van der Waals surface area contributed by atoms with Gasteiger partial charge in [0, 0.05) is 5.92 Å². The average molecular weight is 258 g/mol. The van der Waals surface area contributed by atoms with E-state index in [4.69, 9.17) is 0 Å². The summed E-state index contributed by atoms with van der Waals surface area (Å²) >= 11 is 0. The topological polar surface area (TPSA) is 60.7 Å². The van der Waals surface area contributed by atoms with Gasteiger partial charge in [-0.25, -0.2) is 0 Å². The lowest BCUT2D eigenvalue weighted by Crippen LogP contribution is -2.46. The fourth-order valence-electron chi connectivity index (χ4n) is 3.28. The molecule has 0 aromatic heterocycles. The minimum atomic E-state index is -0.819. The maximum Gasteiger partial charge on any atom is 0.0856 e. The Hall–Kier alpha value is -0.120. The van der Waals surface area contributed by atoms with Gasteiger partial charge < -0.3 is 15.3 Å². The summed E-state index contributed by atoms with van der Waals surface area (Å²) in [7, 11) is 0. The van der Waals surface area contributed by atoms with E-state index in [-0.39, 0.29) is 17.8 Å². The van der Waals surface area contributed by atoms with Gasteiger partial charge in [0.15, 0.2) is 0 Å². The molecular formula is C15H30O3. The number of hydrogen-bond donors (Lipinski definition) is 3. The van der Waals surface area contributed by atoms with E-state index in [1.54, 1.807) is 0 Å². The summed E-state index contributed by atoms with van der Waals surface area (Å²) in [6.07, 6.45) is 1.76. The molecule has 0 aliphatic heterocycles. The molecule has 1 fully saturated rings. The Kier molecular flexibility index (Phi) is 6.09. The van der Waals surface area contributed by atoms with Crippen molar-refractivity contribution in [2.24, 2.45) is 23.7 Å². The highest BCUT2D eigenvalue weighted by Gasteiger charge is 2.37. The van der Waals surface area contributed by atoms with Crippen LogP contribution in [-0.2, 0) is 0 Å². The van der Waals surface area contributed by atoms with E-state index >= 15 is 0 Å². The summed E-state index contributed by atoms with van der Waals surface area (Å²) in [6.45, 7) is 8.16. The van der Waals surface area contributed by atoms with Gasteiger partial charge in [-0.15, -0.1) is 0 Å². The fraction of sp³-hybridized carbons (Fsp3) is 1.00. The zero-order valence-corrected chi connectivity index (χ0v) is 12.2.